The second kappa shape index (κ2) is 6.46. The van der Waals surface area contributed by atoms with Crippen LogP contribution in [0.25, 0.3) is 0 Å². The van der Waals surface area contributed by atoms with Gasteiger partial charge in [0.25, 0.3) is 10.2 Å². The van der Waals surface area contributed by atoms with Gasteiger partial charge in [-0.3, -0.25) is 4.72 Å². The van der Waals surface area contributed by atoms with Crippen molar-refractivity contribution in [3.63, 3.8) is 0 Å². The molecule has 0 aliphatic rings. The van der Waals surface area contributed by atoms with E-state index in [1.54, 1.807) is 18.2 Å². The first-order valence-corrected chi connectivity index (χ1v) is 8.60. The van der Waals surface area contributed by atoms with Crippen molar-refractivity contribution in [1.29, 1.82) is 0 Å². The van der Waals surface area contributed by atoms with Crippen LogP contribution in [-0.2, 0) is 10.2 Å². The average Bonchev–Trinajstić information content (AvgIpc) is 2.37. The summed E-state index contributed by atoms with van der Waals surface area (Å²) in [5.41, 5.74) is 2.35. The summed E-state index contributed by atoms with van der Waals surface area (Å²) >= 11 is 3.40. The maximum atomic E-state index is 11.0. The van der Waals surface area contributed by atoms with Crippen LogP contribution in [0.3, 0.4) is 0 Å². The molecular weight excluding hydrogens is 354 g/mol. The minimum atomic E-state index is -3.76. The predicted octanol–water partition coefficient (Wildman–Crippen LogP) is 3.24. The van der Waals surface area contributed by atoms with E-state index >= 15 is 0 Å². The van der Waals surface area contributed by atoms with Gasteiger partial charge >= 0.3 is 0 Å². The minimum Gasteiger partial charge on any atom is -0.378 e. The molecule has 2 rings (SSSR count). The molecular formula is C14H16BrN3O2S. The van der Waals surface area contributed by atoms with Gasteiger partial charge in [-0.2, -0.15) is 8.42 Å². The third-order valence-corrected chi connectivity index (χ3v) is 3.92. The monoisotopic (exact) mass is 369 g/mol. The van der Waals surface area contributed by atoms with Crippen LogP contribution in [-0.4, -0.2) is 8.42 Å². The van der Waals surface area contributed by atoms with E-state index in [1.165, 1.54) is 0 Å². The molecule has 0 heterocycles. The Hall–Kier alpha value is -1.57. The smallest absolute Gasteiger partial charge is 0.296 e. The number of benzene rings is 2. The number of hydrogen-bond acceptors (Lipinski definition) is 3. The fourth-order valence-corrected chi connectivity index (χ4v) is 2.64. The van der Waals surface area contributed by atoms with Gasteiger partial charge < -0.3 is 5.32 Å². The molecule has 0 aliphatic heterocycles. The van der Waals surface area contributed by atoms with Crippen LogP contribution in [0.2, 0.25) is 0 Å². The van der Waals surface area contributed by atoms with E-state index in [2.05, 4.69) is 26.0 Å². The second-order valence-electron chi connectivity index (χ2n) is 4.65. The summed E-state index contributed by atoms with van der Waals surface area (Å²) in [7, 11) is -3.76. The average molecular weight is 370 g/mol. The van der Waals surface area contributed by atoms with Crippen LogP contribution in [0, 0.1) is 0 Å². The summed E-state index contributed by atoms with van der Waals surface area (Å²) in [5, 5.41) is 8.27. The van der Waals surface area contributed by atoms with Gasteiger partial charge in [-0.25, -0.2) is 5.14 Å². The fraction of sp³-hybridized carbons (Fsp3) is 0.143. The number of hydrogen-bond donors (Lipinski definition) is 3. The lowest BCUT2D eigenvalue weighted by Crippen LogP contribution is -2.21. The maximum Gasteiger partial charge on any atom is 0.296 e. The van der Waals surface area contributed by atoms with Gasteiger partial charge in [-0.05, 0) is 42.8 Å². The lowest BCUT2D eigenvalue weighted by Gasteiger charge is -2.16. The van der Waals surface area contributed by atoms with Crippen molar-refractivity contribution in [2.75, 3.05) is 10.0 Å². The first-order valence-electron chi connectivity index (χ1n) is 6.26. The summed E-state index contributed by atoms with van der Waals surface area (Å²) in [5.74, 6) is 0. The highest BCUT2D eigenvalue weighted by molar-refractivity contribution is 9.10. The Labute approximate surface area is 132 Å². The predicted molar refractivity (Wildman–Crippen MR) is 89.4 cm³/mol. The van der Waals surface area contributed by atoms with Gasteiger partial charge in [0.15, 0.2) is 0 Å². The molecule has 5 nitrogen and oxygen atoms in total. The van der Waals surface area contributed by atoms with Gasteiger partial charge in [0, 0.05) is 16.2 Å². The highest BCUT2D eigenvalue weighted by Gasteiger charge is 2.07. The molecule has 0 amide bonds. The van der Waals surface area contributed by atoms with E-state index in [0.717, 1.165) is 15.7 Å². The summed E-state index contributed by atoms with van der Waals surface area (Å²) < 4.78 is 25.3. The van der Waals surface area contributed by atoms with Gasteiger partial charge in [0.05, 0.1) is 5.69 Å². The van der Waals surface area contributed by atoms with Crippen molar-refractivity contribution in [2.45, 2.75) is 13.0 Å². The zero-order valence-corrected chi connectivity index (χ0v) is 13.8. The number of halogens is 1. The van der Waals surface area contributed by atoms with Gasteiger partial charge in [-0.15, -0.1) is 0 Å². The minimum absolute atomic E-state index is 0.0860. The molecule has 0 saturated carbocycles. The van der Waals surface area contributed by atoms with Crippen molar-refractivity contribution >= 4 is 37.5 Å². The second-order valence-corrected chi connectivity index (χ2v) is 6.86. The standard InChI is InChI=1S/C14H16BrN3O2S/c1-10(11-5-7-12(15)8-6-11)17-13-3-2-4-14(9-13)18-21(16,19)20/h2-10,17-18H,1H3,(H2,16,19,20). The zero-order valence-electron chi connectivity index (χ0n) is 11.4. The molecule has 1 atom stereocenters. The molecule has 0 aliphatic carbocycles. The van der Waals surface area contributed by atoms with E-state index in [4.69, 9.17) is 5.14 Å². The van der Waals surface area contributed by atoms with Crippen molar-refractivity contribution in [2.24, 2.45) is 5.14 Å². The van der Waals surface area contributed by atoms with E-state index in [0.29, 0.717) is 5.69 Å². The van der Waals surface area contributed by atoms with Crippen LogP contribution in [0.4, 0.5) is 11.4 Å². The van der Waals surface area contributed by atoms with Crippen molar-refractivity contribution in [3.8, 4) is 0 Å². The fourth-order valence-electron chi connectivity index (χ4n) is 1.92. The third-order valence-electron chi connectivity index (χ3n) is 2.88. The molecule has 0 bridgehead atoms. The number of rotatable bonds is 5. The van der Waals surface area contributed by atoms with Crippen LogP contribution >= 0.6 is 15.9 Å². The van der Waals surface area contributed by atoms with Crippen molar-refractivity contribution < 1.29 is 8.42 Å². The molecule has 112 valence electrons. The van der Waals surface area contributed by atoms with Crippen molar-refractivity contribution in [3.05, 3.63) is 58.6 Å². The molecule has 21 heavy (non-hydrogen) atoms. The Balaban J connectivity index is 2.12. The Kier molecular flexibility index (Phi) is 4.87. The van der Waals surface area contributed by atoms with Crippen molar-refractivity contribution in [1.82, 2.24) is 0 Å². The molecule has 0 fully saturated rings. The van der Waals surface area contributed by atoms with E-state index in [-0.39, 0.29) is 6.04 Å². The normalized spacial score (nSPS) is 12.7. The highest BCUT2D eigenvalue weighted by atomic mass is 79.9. The SMILES string of the molecule is CC(Nc1cccc(NS(N)(=O)=O)c1)c1ccc(Br)cc1. The molecule has 0 spiro atoms. The molecule has 4 N–H and O–H groups in total. The molecule has 2 aromatic rings. The Morgan fingerprint density at radius 2 is 1.71 bits per heavy atom. The molecule has 0 saturated heterocycles. The number of nitrogens with one attached hydrogen (secondary N) is 2. The summed E-state index contributed by atoms with van der Waals surface area (Å²) in [6, 6.07) is 15.0. The topological polar surface area (TPSA) is 84.2 Å². The first kappa shape index (κ1) is 15.8. The molecule has 0 radical (unpaired) electrons. The Morgan fingerprint density at radius 3 is 2.33 bits per heavy atom. The highest BCUT2D eigenvalue weighted by Crippen LogP contribution is 2.23. The van der Waals surface area contributed by atoms with Gasteiger partial charge in [0.2, 0.25) is 0 Å². The van der Waals surface area contributed by atoms with Crippen LogP contribution < -0.4 is 15.2 Å². The quantitative estimate of drug-likeness (QED) is 0.756. The molecule has 0 aromatic heterocycles. The summed E-state index contributed by atoms with van der Waals surface area (Å²) in [4.78, 5) is 0. The first-order chi connectivity index (χ1) is 9.83. The third kappa shape index (κ3) is 5.04. The Morgan fingerprint density at radius 1 is 1.10 bits per heavy atom. The van der Waals surface area contributed by atoms with Crippen LogP contribution in [0.1, 0.15) is 18.5 Å². The van der Waals surface area contributed by atoms with Crippen LogP contribution in [0.15, 0.2) is 53.0 Å². The van der Waals surface area contributed by atoms with Gasteiger partial charge in [0.1, 0.15) is 0 Å². The van der Waals surface area contributed by atoms with E-state index < -0.39 is 10.2 Å². The largest absolute Gasteiger partial charge is 0.378 e. The molecule has 1 unspecified atom stereocenters. The van der Waals surface area contributed by atoms with Gasteiger partial charge in [-0.1, -0.05) is 34.1 Å². The summed E-state index contributed by atoms with van der Waals surface area (Å²) in [6.07, 6.45) is 0. The molecule has 7 heteroatoms. The Bertz CT molecular complexity index is 717. The lowest BCUT2D eigenvalue weighted by atomic mass is 10.1. The zero-order chi connectivity index (χ0) is 15.5. The number of anilines is 2. The van der Waals surface area contributed by atoms with E-state index in [9.17, 15) is 8.42 Å². The van der Waals surface area contributed by atoms with Crippen LogP contribution in [0.5, 0.6) is 0 Å². The number of nitrogens with two attached hydrogens (primary N) is 1. The lowest BCUT2D eigenvalue weighted by molar-refractivity contribution is 0.603. The molecule has 2 aromatic carbocycles. The van der Waals surface area contributed by atoms with E-state index in [1.807, 2.05) is 37.3 Å². The maximum absolute atomic E-state index is 11.0. The summed E-state index contributed by atoms with van der Waals surface area (Å²) in [6.45, 7) is 2.03.